The number of rotatable bonds is 6. The predicted molar refractivity (Wildman–Crippen MR) is 70.8 cm³/mol. The molecule has 1 atom stereocenters. The van der Waals surface area contributed by atoms with Crippen LogP contribution in [0.3, 0.4) is 0 Å². The quantitative estimate of drug-likeness (QED) is 0.600. The van der Waals surface area contributed by atoms with E-state index in [0.29, 0.717) is 17.5 Å². The van der Waals surface area contributed by atoms with Gasteiger partial charge in [-0.15, -0.1) is 0 Å². The molecule has 0 bridgehead atoms. The standard InChI is InChI=1S/C13H18N2O4/c1-3-11(8-16)14-13(17)7-10-5-4-6-12(9(10)2)15(18)19/h4-6,11,16H,3,7-8H2,1-2H3,(H,14,17)/t11-/m1/s1. The molecule has 19 heavy (non-hydrogen) atoms. The molecule has 0 fully saturated rings. The van der Waals surface area contributed by atoms with Gasteiger partial charge in [-0.05, 0) is 18.9 Å². The molecule has 0 radical (unpaired) electrons. The summed E-state index contributed by atoms with van der Waals surface area (Å²) in [6.07, 6.45) is 0.709. The van der Waals surface area contributed by atoms with Crippen molar-refractivity contribution in [3.05, 3.63) is 39.4 Å². The van der Waals surface area contributed by atoms with Gasteiger partial charge in [-0.2, -0.15) is 0 Å². The van der Waals surface area contributed by atoms with E-state index in [1.54, 1.807) is 19.1 Å². The normalized spacial score (nSPS) is 11.9. The molecule has 0 heterocycles. The van der Waals surface area contributed by atoms with Gasteiger partial charge in [-0.25, -0.2) is 0 Å². The lowest BCUT2D eigenvalue weighted by Crippen LogP contribution is -2.37. The highest BCUT2D eigenvalue weighted by Crippen LogP contribution is 2.21. The fraction of sp³-hybridized carbons (Fsp3) is 0.462. The van der Waals surface area contributed by atoms with Gasteiger partial charge in [0, 0.05) is 11.6 Å². The van der Waals surface area contributed by atoms with Crippen LogP contribution >= 0.6 is 0 Å². The lowest BCUT2D eigenvalue weighted by atomic mass is 10.0. The summed E-state index contributed by atoms with van der Waals surface area (Å²) in [4.78, 5) is 22.1. The average Bonchev–Trinajstić information content (AvgIpc) is 2.38. The van der Waals surface area contributed by atoms with Gasteiger partial charge in [-0.3, -0.25) is 14.9 Å². The second kappa shape index (κ2) is 6.84. The van der Waals surface area contributed by atoms with Gasteiger partial charge in [0.15, 0.2) is 0 Å². The number of nitro groups is 1. The highest BCUT2D eigenvalue weighted by molar-refractivity contribution is 5.79. The van der Waals surface area contributed by atoms with Gasteiger partial charge in [0.2, 0.25) is 5.91 Å². The molecular weight excluding hydrogens is 248 g/mol. The molecule has 1 amide bonds. The average molecular weight is 266 g/mol. The number of carbonyl (C=O) groups excluding carboxylic acids is 1. The Balaban J connectivity index is 2.80. The molecule has 104 valence electrons. The third-order valence-corrected chi connectivity index (χ3v) is 3.04. The number of benzene rings is 1. The van der Waals surface area contributed by atoms with Gasteiger partial charge in [0.05, 0.1) is 24.0 Å². The summed E-state index contributed by atoms with van der Waals surface area (Å²) < 4.78 is 0. The van der Waals surface area contributed by atoms with E-state index in [9.17, 15) is 14.9 Å². The van der Waals surface area contributed by atoms with Gasteiger partial charge >= 0.3 is 0 Å². The number of hydrogen-bond donors (Lipinski definition) is 2. The second-order valence-electron chi connectivity index (χ2n) is 4.35. The number of hydrogen-bond acceptors (Lipinski definition) is 4. The van der Waals surface area contributed by atoms with Gasteiger partial charge in [0.1, 0.15) is 0 Å². The topological polar surface area (TPSA) is 92.5 Å². The Bertz CT molecular complexity index is 470. The molecule has 1 aromatic carbocycles. The van der Waals surface area contributed by atoms with Crippen LogP contribution in [0.4, 0.5) is 5.69 Å². The number of aliphatic hydroxyl groups is 1. The number of carbonyl (C=O) groups is 1. The van der Waals surface area contributed by atoms with E-state index in [1.165, 1.54) is 6.07 Å². The lowest BCUT2D eigenvalue weighted by molar-refractivity contribution is -0.385. The highest BCUT2D eigenvalue weighted by atomic mass is 16.6. The molecule has 0 spiro atoms. The molecule has 1 rings (SSSR count). The Morgan fingerprint density at radius 2 is 2.21 bits per heavy atom. The first-order chi connectivity index (χ1) is 8.99. The minimum Gasteiger partial charge on any atom is -0.394 e. The van der Waals surface area contributed by atoms with Crippen LogP contribution in [0.2, 0.25) is 0 Å². The van der Waals surface area contributed by atoms with Crippen LogP contribution in [-0.2, 0) is 11.2 Å². The van der Waals surface area contributed by atoms with Crippen LogP contribution in [0.1, 0.15) is 24.5 Å². The molecule has 0 saturated heterocycles. The molecule has 2 N–H and O–H groups in total. The van der Waals surface area contributed by atoms with Crippen molar-refractivity contribution in [2.45, 2.75) is 32.7 Å². The monoisotopic (exact) mass is 266 g/mol. The van der Waals surface area contributed by atoms with Gasteiger partial charge < -0.3 is 10.4 Å². The zero-order chi connectivity index (χ0) is 14.4. The number of nitro benzene ring substituents is 1. The number of amides is 1. The smallest absolute Gasteiger partial charge is 0.272 e. The summed E-state index contributed by atoms with van der Waals surface area (Å²) in [5.74, 6) is -0.246. The van der Waals surface area contributed by atoms with Crippen molar-refractivity contribution in [3.63, 3.8) is 0 Å². The van der Waals surface area contributed by atoms with Crippen molar-refractivity contribution in [1.82, 2.24) is 5.32 Å². The maximum Gasteiger partial charge on any atom is 0.272 e. The molecule has 0 aromatic heterocycles. The van der Waals surface area contributed by atoms with Crippen LogP contribution in [0.25, 0.3) is 0 Å². The van der Waals surface area contributed by atoms with E-state index in [2.05, 4.69) is 5.32 Å². The first kappa shape index (κ1) is 15.1. The Morgan fingerprint density at radius 3 is 2.74 bits per heavy atom. The zero-order valence-corrected chi connectivity index (χ0v) is 11.0. The first-order valence-electron chi connectivity index (χ1n) is 6.12. The number of nitrogens with zero attached hydrogens (tertiary/aromatic N) is 1. The Hall–Kier alpha value is -1.95. The maximum atomic E-state index is 11.8. The van der Waals surface area contributed by atoms with E-state index in [-0.39, 0.29) is 30.7 Å². The Kier molecular flexibility index (Phi) is 5.44. The van der Waals surface area contributed by atoms with Crippen molar-refractivity contribution in [2.24, 2.45) is 0 Å². The fourth-order valence-electron chi connectivity index (χ4n) is 1.79. The fourth-order valence-corrected chi connectivity index (χ4v) is 1.79. The summed E-state index contributed by atoms with van der Waals surface area (Å²) in [5.41, 5.74) is 1.14. The van der Waals surface area contributed by atoms with E-state index in [1.807, 2.05) is 6.92 Å². The van der Waals surface area contributed by atoms with E-state index < -0.39 is 4.92 Å². The Labute approximate surface area is 111 Å². The van der Waals surface area contributed by atoms with Crippen LogP contribution in [0, 0.1) is 17.0 Å². The molecule has 0 aliphatic heterocycles. The third-order valence-electron chi connectivity index (χ3n) is 3.04. The SMILES string of the molecule is CC[C@H](CO)NC(=O)Cc1cccc([N+](=O)[O-])c1C. The lowest BCUT2D eigenvalue weighted by Gasteiger charge is -2.14. The van der Waals surface area contributed by atoms with Crippen molar-refractivity contribution in [2.75, 3.05) is 6.61 Å². The first-order valence-corrected chi connectivity index (χ1v) is 6.12. The summed E-state index contributed by atoms with van der Waals surface area (Å²) in [6, 6.07) is 4.41. The molecule has 0 aliphatic rings. The van der Waals surface area contributed by atoms with Crippen LogP contribution < -0.4 is 5.32 Å². The van der Waals surface area contributed by atoms with Gasteiger partial charge in [0.25, 0.3) is 5.69 Å². The summed E-state index contributed by atoms with van der Waals surface area (Å²) in [5, 5.41) is 22.5. The van der Waals surface area contributed by atoms with Crippen LogP contribution in [0.15, 0.2) is 18.2 Å². The highest BCUT2D eigenvalue weighted by Gasteiger charge is 2.16. The molecular formula is C13H18N2O4. The van der Waals surface area contributed by atoms with Crippen molar-refractivity contribution in [1.29, 1.82) is 0 Å². The minimum atomic E-state index is -0.459. The second-order valence-corrected chi connectivity index (χ2v) is 4.35. The molecule has 0 unspecified atom stereocenters. The Morgan fingerprint density at radius 1 is 1.53 bits per heavy atom. The molecule has 0 aliphatic carbocycles. The summed E-state index contributed by atoms with van der Waals surface area (Å²) in [6.45, 7) is 3.38. The maximum absolute atomic E-state index is 11.8. The minimum absolute atomic E-state index is 0.0134. The molecule has 6 nitrogen and oxygen atoms in total. The largest absolute Gasteiger partial charge is 0.394 e. The molecule has 0 saturated carbocycles. The van der Waals surface area contributed by atoms with E-state index in [0.717, 1.165) is 0 Å². The van der Waals surface area contributed by atoms with E-state index in [4.69, 9.17) is 5.11 Å². The molecule has 6 heteroatoms. The molecule has 1 aromatic rings. The predicted octanol–water partition coefficient (Wildman–Crippen LogP) is 1.33. The van der Waals surface area contributed by atoms with Crippen molar-refractivity contribution in [3.8, 4) is 0 Å². The third kappa shape index (κ3) is 4.03. The van der Waals surface area contributed by atoms with Gasteiger partial charge in [-0.1, -0.05) is 19.1 Å². The number of aliphatic hydroxyl groups excluding tert-OH is 1. The van der Waals surface area contributed by atoms with Crippen LogP contribution in [-0.4, -0.2) is 28.6 Å². The van der Waals surface area contributed by atoms with E-state index >= 15 is 0 Å². The van der Waals surface area contributed by atoms with Crippen LogP contribution in [0.5, 0.6) is 0 Å². The summed E-state index contributed by atoms with van der Waals surface area (Å²) in [7, 11) is 0. The summed E-state index contributed by atoms with van der Waals surface area (Å²) >= 11 is 0. The van der Waals surface area contributed by atoms with Crippen molar-refractivity contribution >= 4 is 11.6 Å². The number of nitrogens with one attached hydrogen (secondary N) is 1. The zero-order valence-electron chi connectivity index (χ0n) is 11.0. The van der Waals surface area contributed by atoms with Crippen molar-refractivity contribution < 1.29 is 14.8 Å².